The first-order chi connectivity index (χ1) is 15.6. The van der Waals surface area contributed by atoms with Crippen LogP contribution in [0, 0.1) is 18.3 Å². The second-order valence-electron chi connectivity index (χ2n) is 7.64. The molecule has 0 saturated carbocycles. The molecule has 3 aromatic rings. The Hall–Kier alpha value is -4.12. The van der Waals surface area contributed by atoms with E-state index in [0.29, 0.717) is 41.7 Å². The SMILES string of the molecule is Cc1ccc(Oc2ccnc(N3CCC(NC(=O)Nc4cccnc4)CC3)c2C#N)cc1. The number of aromatic nitrogens is 2. The van der Waals surface area contributed by atoms with Crippen molar-refractivity contribution in [2.75, 3.05) is 23.3 Å². The number of aryl methyl sites for hydroxylation is 1. The number of pyridine rings is 2. The Morgan fingerprint density at radius 2 is 1.94 bits per heavy atom. The molecule has 0 aliphatic carbocycles. The number of nitrogens with one attached hydrogen (secondary N) is 2. The molecule has 0 bridgehead atoms. The maximum atomic E-state index is 12.2. The van der Waals surface area contributed by atoms with E-state index in [0.717, 1.165) is 18.4 Å². The fourth-order valence-corrected chi connectivity index (χ4v) is 3.62. The Bertz CT molecular complexity index is 1100. The zero-order valence-corrected chi connectivity index (χ0v) is 17.8. The van der Waals surface area contributed by atoms with E-state index in [2.05, 4.69) is 31.6 Å². The molecule has 162 valence electrons. The van der Waals surface area contributed by atoms with Crippen LogP contribution >= 0.6 is 0 Å². The quantitative estimate of drug-likeness (QED) is 0.630. The number of ether oxygens (including phenoxy) is 1. The molecule has 0 radical (unpaired) electrons. The van der Waals surface area contributed by atoms with Crippen molar-refractivity contribution in [2.24, 2.45) is 0 Å². The lowest BCUT2D eigenvalue weighted by atomic mass is 10.0. The number of urea groups is 1. The Morgan fingerprint density at radius 3 is 2.62 bits per heavy atom. The number of hydrogen-bond donors (Lipinski definition) is 2. The van der Waals surface area contributed by atoms with Crippen LogP contribution in [0.1, 0.15) is 24.0 Å². The van der Waals surface area contributed by atoms with Gasteiger partial charge in [-0.25, -0.2) is 9.78 Å². The first-order valence-electron chi connectivity index (χ1n) is 10.5. The minimum atomic E-state index is -0.249. The minimum absolute atomic E-state index is 0.0421. The Morgan fingerprint density at radius 1 is 1.16 bits per heavy atom. The summed E-state index contributed by atoms with van der Waals surface area (Å²) >= 11 is 0. The monoisotopic (exact) mass is 428 g/mol. The highest BCUT2D eigenvalue weighted by Gasteiger charge is 2.24. The predicted molar refractivity (Wildman–Crippen MR) is 122 cm³/mol. The largest absolute Gasteiger partial charge is 0.456 e. The molecule has 1 aromatic carbocycles. The van der Waals surface area contributed by atoms with E-state index < -0.39 is 0 Å². The Balaban J connectivity index is 1.38. The van der Waals surface area contributed by atoms with Gasteiger partial charge >= 0.3 is 6.03 Å². The van der Waals surface area contributed by atoms with E-state index in [1.807, 2.05) is 31.2 Å². The minimum Gasteiger partial charge on any atom is -0.456 e. The van der Waals surface area contributed by atoms with Crippen LogP contribution in [0.4, 0.5) is 16.3 Å². The van der Waals surface area contributed by atoms with E-state index in [4.69, 9.17) is 4.74 Å². The molecule has 1 saturated heterocycles. The summed E-state index contributed by atoms with van der Waals surface area (Å²) in [5.74, 6) is 1.76. The highest BCUT2D eigenvalue weighted by atomic mass is 16.5. The summed E-state index contributed by atoms with van der Waals surface area (Å²) in [6.45, 7) is 3.36. The number of amides is 2. The van der Waals surface area contributed by atoms with Gasteiger partial charge in [0.2, 0.25) is 0 Å². The van der Waals surface area contributed by atoms with Crippen molar-refractivity contribution in [1.82, 2.24) is 15.3 Å². The first kappa shape index (κ1) is 21.1. The molecule has 32 heavy (non-hydrogen) atoms. The average Bonchev–Trinajstić information content (AvgIpc) is 2.81. The van der Waals surface area contributed by atoms with Gasteiger partial charge in [0, 0.05) is 37.6 Å². The number of carbonyl (C=O) groups is 1. The van der Waals surface area contributed by atoms with Crippen LogP contribution < -0.4 is 20.3 Å². The van der Waals surface area contributed by atoms with Gasteiger partial charge in [-0.1, -0.05) is 17.7 Å². The molecule has 0 spiro atoms. The lowest BCUT2D eigenvalue weighted by molar-refractivity contribution is 0.246. The van der Waals surface area contributed by atoms with Gasteiger partial charge in [-0.15, -0.1) is 0 Å². The van der Waals surface area contributed by atoms with Crippen LogP contribution in [0.3, 0.4) is 0 Å². The van der Waals surface area contributed by atoms with Crippen LogP contribution in [-0.4, -0.2) is 35.1 Å². The van der Waals surface area contributed by atoms with Crippen molar-refractivity contribution in [3.63, 3.8) is 0 Å². The zero-order chi connectivity index (χ0) is 22.3. The topological polar surface area (TPSA) is 103 Å². The number of hydrogen-bond acceptors (Lipinski definition) is 6. The van der Waals surface area contributed by atoms with Crippen LogP contribution in [-0.2, 0) is 0 Å². The molecule has 2 N–H and O–H groups in total. The van der Waals surface area contributed by atoms with E-state index in [1.165, 1.54) is 0 Å². The summed E-state index contributed by atoms with van der Waals surface area (Å²) in [5, 5.41) is 15.6. The number of anilines is 2. The van der Waals surface area contributed by atoms with Crippen molar-refractivity contribution in [1.29, 1.82) is 5.26 Å². The summed E-state index contributed by atoms with van der Waals surface area (Å²) in [7, 11) is 0. The number of piperidine rings is 1. The molecular weight excluding hydrogens is 404 g/mol. The highest BCUT2D eigenvalue weighted by Crippen LogP contribution is 2.31. The third-order valence-electron chi connectivity index (χ3n) is 5.30. The lowest BCUT2D eigenvalue weighted by Gasteiger charge is -2.33. The van der Waals surface area contributed by atoms with Gasteiger partial charge in [0.05, 0.1) is 11.9 Å². The van der Waals surface area contributed by atoms with E-state index in [9.17, 15) is 10.1 Å². The molecule has 1 aliphatic rings. The number of nitriles is 1. The van der Waals surface area contributed by atoms with Gasteiger partial charge in [-0.3, -0.25) is 4.98 Å². The van der Waals surface area contributed by atoms with Gasteiger partial charge in [0.15, 0.2) is 5.75 Å². The lowest BCUT2D eigenvalue weighted by Crippen LogP contribution is -2.46. The van der Waals surface area contributed by atoms with Crippen LogP contribution in [0.2, 0.25) is 0 Å². The summed E-state index contributed by atoms with van der Waals surface area (Å²) < 4.78 is 5.96. The van der Waals surface area contributed by atoms with Gasteiger partial charge < -0.3 is 20.3 Å². The number of benzene rings is 1. The highest BCUT2D eigenvalue weighted by molar-refractivity contribution is 5.89. The van der Waals surface area contributed by atoms with Crippen LogP contribution in [0.25, 0.3) is 0 Å². The van der Waals surface area contributed by atoms with Crippen LogP contribution in [0.5, 0.6) is 11.5 Å². The molecule has 0 unspecified atom stereocenters. The summed E-state index contributed by atoms with van der Waals surface area (Å²) in [6.07, 6.45) is 6.41. The molecule has 2 aromatic heterocycles. The maximum Gasteiger partial charge on any atom is 0.319 e. The summed E-state index contributed by atoms with van der Waals surface area (Å²) in [6, 6.07) is 15.0. The molecule has 8 heteroatoms. The van der Waals surface area contributed by atoms with Gasteiger partial charge in [-0.2, -0.15) is 5.26 Å². The van der Waals surface area contributed by atoms with E-state index >= 15 is 0 Å². The fraction of sp³-hybridized carbons (Fsp3) is 0.250. The van der Waals surface area contributed by atoms with Crippen molar-refractivity contribution < 1.29 is 9.53 Å². The molecule has 1 aliphatic heterocycles. The average molecular weight is 428 g/mol. The van der Waals surface area contributed by atoms with E-state index in [-0.39, 0.29) is 12.1 Å². The molecule has 8 nitrogen and oxygen atoms in total. The van der Waals surface area contributed by atoms with Gasteiger partial charge in [0.25, 0.3) is 0 Å². The number of rotatable bonds is 5. The predicted octanol–water partition coefficient (Wildman–Crippen LogP) is 4.24. The van der Waals surface area contributed by atoms with Crippen molar-refractivity contribution in [2.45, 2.75) is 25.8 Å². The maximum absolute atomic E-state index is 12.2. The third-order valence-corrected chi connectivity index (χ3v) is 5.30. The zero-order valence-electron chi connectivity index (χ0n) is 17.8. The Kier molecular flexibility index (Phi) is 6.46. The molecule has 2 amide bonds. The second kappa shape index (κ2) is 9.79. The molecule has 1 fully saturated rings. The third kappa shape index (κ3) is 5.13. The normalized spacial score (nSPS) is 13.8. The van der Waals surface area contributed by atoms with Crippen molar-refractivity contribution >= 4 is 17.5 Å². The number of nitrogens with zero attached hydrogens (tertiary/aromatic N) is 4. The fourth-order valence-electron chi connectivity index (χ4n) is 3.62. The molecule has 3 heterocycles. The van der Waals surface area contributed by atoms with E-state index in [1.54, 1.807) is 36.8 Å². The molecule has 4 rings (SSSR count). The van der Waals surface area contributed by atoms with Crippen molar-refractivity contribution in [3.05, 3.63) is 72.2 Å². The summed E-state index contributed by atoms with van der Waals surface area (Å²) in [4.78, 5) is 22.7. The molecule has 0 atom stereocenters. The smallest absolute Gasteiger partial charge is 0.319 e. The molecular formula is C24H24N6O2. The standard InChI is InChI=1S/C24H24N6O2/c1-17-4-6-20(7-5-17)32-22-8-12-27-23(21(22)15-25)30-13-9-18(10-14-30)28-24(31)29-19-3-2-11-26-16-19/h2-8,11-12,16,18H,9-10,13-14H2,1H3,(H2,28,29,31). The van der Waals surface area contributed by atoms with Gasteiger partial charge in [0.1, 0.15) is 23.2 Å². The second-order valence-corrected chi connectivity index (χ2v) is 7.64. The number of carbonyl (C=O) groups excluding carboxylic acids is 1. The van der Waals surface area contributed by atoms with Gasteiger partial charge in [-0.05, 0) is 44.0 Å². The Labute approximate surface area is 186 Å². The summed E-state index contributed by atoms with van der Waals surface area (Å²) in [5.41, 5.74) is 2.20. The van der Waals surface area contributed by atoms with Crippen LogP contribution in [0.15, 0.2) is 61.1 Å². The van der Waals surface area contributed by atoms with Crippen molar-refractivity contribution in [3.8, 4) is 17.6 Å². The first-order valence-corrected chi connectivity index (χ1v) is 10.5.